The van der Waals surface area contributed by atoms with Crippen molar-refractivity contribution >= 4 is 39.1 Å². The molecule has 0 unspecified atom stereocenters. The van der Waals surface area contributed by atoms with Crippen LogP contribution in [0.5, 0.6) is 5.75 Å². The average Bonchev–Trinajstić information content (AvgIpc) is 3.09. The summed E-state index contributed by atoms with van der Waals surface area (Å²) in [5, 5.41) is 3.72. The fourth-order valence-electron chi connectivity index (χ4n) is 3.16. The first kappa shape index (κ1) is 19.0. The number of anilines is 1. The number of aromatic nitrogens is 1. The summed E-state index contributed by atoms with van der Waals surface area (Å²) in [7, 11) is 2.96. The Hall–Kier alpha value is -2.80. The molecule has 0 aliphatic rings. The SMILES string of the molecule is COC(=O)c1c(NC(C)=O)c2c(C)c(C)sc2n1Cc1cccc(OC)c1. The van der Waals surface area contributed by atoms with Gasteiger partial charge in [-0.1, -0.05) is 12.1 Å². The van der Waals surface area contributed by atoms with Crippen molar-refractivity contribution in [2.24, 2.45) is 0 Å². The largest absolute Gasteiger partial charge is 0.497 e. The fourth-order valence-corrected chi connectivity index (χ4v) is 4.33. The van der Waals surface area contributed by atoms with Crippen LogP contribution in [-0.4, -0.2) is 30.7 Å². The van der Waals surface area contributed by atoms with E-state index in [0.29, 0.717) is 17.9 Å². The summed E-state index contributed by atoms with van der Waals surface area (Å²) >= 11 is 1.60. The summed E-state index contributed by atoms with van der Waals surface area (Å²) in [6.07, 6.45) is 0. The van der Waals surface area contributed by atoms with Crippen LogP contribution >= 0.6 is 11.3 Å². The predicted octanol–water partition coefficient (Wildman–Crippen LogP) is 4.12. The molecule has 3 aromatic rings. The Bertz CT molecular complexity index is 1030. The second kappa shape index (κ2) is 7.44. The number of carbonyl (C=O) groups is 2. The third kappa shape index (κ3) is 3.42. The van der Waals surface area contributed by atoms with Crippen molar-refractivity contribution in [1.82, 2.24) is 4.57 Å². The van der Waals surface area contributed by atoms with Crippen LogP contribution in [0.1, 0.15) is 33.4 Å². The van der Waals surface area contributed by atoms with Crippen LogP contribution in [0.2, 0.25) is 0 Å². The molecule has 0 spiro atoms. The smallest absolute Gasteiger partial charge is 0.356 e. The zero-order chi connectivity index (χ0) is 19.7. The number of nitrogens with zero attached hydrogens (tertiary/aromatic N) is 1. The Balaban J connectivity index is 2.27. The highest BCUT2D eigenvalue weighted by molar-refractivity contribution is 7.19. The maximum atomic E-state index is 12.6. The lowest BCUT2D eigenvalue weighted by Crippen LogP contribution is -2.16. The molecule has 0 fully saturated rings. The van der Waals surface area contributed by atoms with E-state index < -0.39 is 5.97 Å². The molecule has 7 heteroatoms. The summed E-state index contributed by atoms with van der Waals surface area (Å²) in [6, 6.07) is 7.68. The minimum Gasteiger partial charge on any atom is -0.497 e. The van der Waals surface area contributed by atoms with Crippen molar-refractivity contribution < 1.29 is 19.1 Å². The molecular weight excluding hydrogens is 364 g/mol. The number of amides is 1. The number of carbonyl (C=O) groups excluding carboxylic acids is 2. The molecule has 1 N–H and O–H groups in total. The van der Waals surface area contributed by atoms with Gasteiger partial charge in [0.05, 0.1) is 19.9 Å². The molecule has 2 aromatic heterocycles. The minimum atomic E-state index is -0.484. The van der Waals surface area contributed by atoms with Gasteiger partial charge in [0, 0.05) is 23.7 Å². The number of fused-ring (bicyclic) bond motifs is 1. The van der Waals surface area contributed by atoms with E-state index in [1.807, 2.05) is 42.7 Å². The number of methoxy groups -OCH3 is 2. The van der Waals surface area contributed by atoms with Gasteiger partial charge in [-0.3, -0.25) is 4.79 Å². The van der Waals surface area contributed by atoms with Crippen molar-refractivity contribution in [3.05, 3.63) is 46.0 Å². The van der Waals surface area contributed by atoms with Gasteiger partial charge in [-0.2, -0.15) is 0 Å². The van der Waals surface area contributed by atoms with Crippen LogP contribution in [0.4, 0.5) is 5.69 Å². The van der Waals surface area contributed by atoms with Crippen molar-refractivity contribution in [2.75, 3.05) is 19.5 Å². The molecule has 2 heterocycles. The summed E-state index contributed by atoms with van der Waals surface area (Å²) in [5.74, 6) is 0.0297. The maximum absolute atomic E-state index is 12.6. The van der Waals surface area contributed by atoms with Crippen molar-refractivity contribution in [1.29, 1.82) is 0 Å². The number of ether oxygens (including phenoxy) is 2. The van der Waals surface area contributed by atoms with Gasteiger partial charge in [0.15, 0.2) is 5.69 Å². The Morgan fingerprint density at radius 1 is 1.22 bits per heavy atom. The molecule has 0 aliphatic carbocycles. The Kier molecular flexibility index (Phi) is 5.23. The number of aryl methyl sites for hydroxylation is 2. The van der Waals surface area contributed by atoms with Crippen LogP contribution in [0.3, 0.4) is 0 Å². The third-order valence-corrected chi connectivity index (χ3v) is 5.75. The Morgan fingerprint density at radius 2 is 1.96 bits per heavy atom. The quantitative estimate of drug-likeness (QED) is 0.670. The summed E-state index contributed by atoms with van der Waals surface area (Å²) in [4.78, 5) is 26.5. The van der Waals surface area contributed by atoms with Gasteiger partial charge >= 0.3 is 5.97 Å². The standard InChI is InChI=1S/C20H22N2O4S/c1-11-12(2)27-19-16(11)17(21-13(3)23)18(20(24)26-5)22(19)10-14-7-6-8-15(9-14)25-4/h6-9H,10H2,1-5H3,(H,21,23). The number of rotatable bonds is 5. The molecule has 0 saturated carbocycles. The summed E-state index contributed by atoms with van der Waals surface area (Å²) in [5.41, 5.74) is 2.89. The number of hydrogen-bond donors (Lipinski definition) is 1. The Labute approximate surface area is 161 Å². The molecular formula is C20H22N2O4S. The molecule has 6 nitrogen and oxygen atoms in total. The van der Waals surface area contributed by atoms with Crippen molar-refractivity contribution in [2.45, 2.75) is 27.3 Å². The number of nitrogens with one attached hydrogen (secondary N) is 1. The summed E-state index contributed by atoms with van der Waals surface area (Å²) in [6.45, 7) is 5.92. The van der Waals surface area contributed by atoms with E-state index in [0.717, 1.165) is 32.0 Å². The molecule has 0 aliphatic heterocycles. The third-order valence-electron chi connectivity index (χ3n) is 4.52. The van der Waals surface area contributed by atoms with E-state index in [1.165, 1.54) is 14.0 Å². The number of hydrogen-bond acceptors (Lipinski definition) is 5. The second-order valence-corrected chi connectivity index (χ2v) is 7.50. The van der Waals surface area contributed by atoms with E-state index in [-0.39, 0.29) is 5.91 Å². The first-order chi connectivity index (χ1) is 12.9. The van der Waals surface area contributed by atoms with Gasteiger partial charge in [-0.15, -0.1) is 11.3 Å². The highest BCUT2D eigenvalue weighted by Crippen LogP contribution is 2.41. The van der Waals surface area contributed by atoms with E-state index in [2.05, 4.69) is 5.32 Å². The molecule has 1 aromatic carbocycles. The molecule has 1 amide bonds. The first-order valence-electron chi connectivity index (χ1n) is 8.48. The van der Waals surface area contributed by atoms with Crippen molar-refractivity contribution in [3.8, 4) is 5.75 Å². The van der Waals surface area contributed by atoms with Gasteiger partial charge in [0.25, 0.3) is 0 Å². The zero-order valence-electron chi connectivity index (χ0n) is 16.0. The molecule has 0 atom stereocenters. The number of benzene rings is 1. The Morgan fingerprint density at radius 3 is 2.59 bits per heavy atom. The van der Waals surface area contributed by atoms with Gasteiger partial charge in [0.1, 0.15) is 10.6 Å². The first-order valence-corrected chi connectivity index (χ1v) is 9.30. The second-order valence-electron chi connectivity index (χ2n) is 6.30. The van der Waals surface area contributed by atoms with Gasteiger partial charge in [0.2, 0.25) is 5.91 Å². The molecule has 0 bridgehead atoms. The van der Waals surface area contributed by atoms with E-state index in [9.17, 15) is 9.59 Å². The van der Waals surface area contributed by atoms with Crippen LogP contribution in [0.15, 0.2) is 24.3 Å². The fraction of sp³-hybridized carbons (Fsp3) is 0.300. The lowest BCUT2D eigenvalue weighted by atomic mass is 10.2. The van der Waals surface area contributed by atoms with Crippen LogP contribution < -0.4 is 10.1 Å². The molecule has 0 saturated heterocycles. The number of esters is 1. The number of thiophene rings is 1. The molecule has 0 radical (unpaired) electrons. The lowest BCUT2D eigenvalue weighted by molar-refractivity contribution is -0.114. The van der Waals surface area contributed by atoms with Crippen LogP contribution in [0, 0.1) is 13.8 Å². The summed E-state index contributed by atoms with van der Waals surface area (Å²) < 4.78 is 12.2. The maximum Gasteiger partial charge on any atom is 0.356 e. The minimum absolute atomic E-state index is 0.233. The van der Waals surface area contributed by atoms with Gasteiger partial charge < -0.3 is 19.4 Å². The van der Waals surface area contributed by atoms with Crippen LogP contribution in [-0.2, 0) is 16.1 Å². The normalized spacial score (nSPS) is 10.9. The lowest BCUT2D eigenvalue weighted by Gasteiger charge is -2.12. The monoisotopic (exact) mass is 386 g/mol. The highest BCUT2D eigenvalue weighted by atomic mass is 32.1. The average molecular weight is 386 g/mol. The highest BCUT2D eigenvalue weighted by Gasteiger charge is 2.27. The van der Waals surface area contributed by atoms with E-state index in [4.69, 9.17) is 9.47 Å². The van der Waals surface area contributed by atoms with Crippen LogP contribution in [0.25, 0.3) is 10.2 Å². The molecule has 27 heavy (non-hydrogen) atoms. The van der Waals surface area contributed by atoms with E-state index in [1.54, 1.807) is 18.4 Å². The van der Waals surface area contributed by atoms with Gasteiger partial charge in [-0.05, 0) is 37.1 Å². The van der Waals surface area contributed by atoms with Gasteiger partial charge in [-0.25, -0.2) is 4.79 Å². The zero-order valence-corrected chi connectivity index (χ0v) is 16.8. The molecule has 142 valence electrons. The topological polar surface area (TPSA) is 69.6 Å². The molecule has 3 rings (SSSR count). The predicted molar refractivity (Wildman–Crippen MR) is 107 cm³/mol. The van der Waals surface area contributed by atoms with E-state index >= 15 is 0 Å². The van der Waals surface area contributed by atoms with Crippen molar-refractivity contribution in [3.63, 3.8) is 0 Å².